The maximum atomic E-state index is 12.1. The number of ether oxygens (including phenoxy) is 2. The van der Waals surface area contributed by atoms with Crippen molar-refractivity contribution >= 4 is 28.0 Å². The molecule has 0 aliphatic heterocycles. The van der Waals surface area contributed by atoms with E-state index >= 15 is 0 Å². The molecular formula is C21H26BrN3O5. The second-order valence-electron chi connectivity index (χ2n) is 8.32. The summed E-state index contributed by atoms with van der Waals surface area (Å²) in [6, 6.07) is 3.88. The summed E-state index contributed by atoms with van der Waals surface area (Å²) in [4.78, 5) is 23.9. The van der Waals surface area contributed by atoms with Gasteiger partial charge in [-0.1, -0.05) is 6.92 Å². The van der Waals surface area contributed by atoms with Crippen LogP contribution in [0.15, 0.2) is 16.6 Å². The summed E-state index contributed by atoms with van der Waals surface area (Å²) in [5.74, 6) is -0.329. The zero-order valence-electron chi connectivity index (χ0n) is 17.7. The molecule has 9 heteroatoms. The largest absolute Gasteiger partial charge is 0.496 e. The van der Waals surface area contributed by atoms with E-state index in [-0.39, 0.29) is 24.7 Å². The number of aromatic carboxylic acids is 1. The van der Waals surface area contributed by atoms with Crippen LogP contribution in [0.25, 0.3) is 11.3 Å². The molecule has 1 heterocycles. The Morgan fingerprint density at radius 1 is 1.37 bits per heavy atom. The average molecular weight is 480 g/mol. The van der Waals surface area contributed by atoms with E-state index in [1.54, 1.807) is 27.9 Å². The third-order valence-corrected chi connectivity index (χ3v) is 5.45. The molecule has 162 valence electrons. The number of carbonyl (C=O) groups excluding carboxylic acids is 1. The number of carbonyl (C=O) groups is 2. The number of hydrogen-bond acceptors (Lipinski definition) is 5. The molecule has 0 bridgehead atoms. The van der Waals surface area contributed by atoms with Gasteiger partial charge in [0.05, 0.1) is 23.8 Å². The third-order valence-electron chi connectivity index (χ3n) is 4.84. The van der Waals surface area contributed by atoms with Gasteiger partial charge in [-0.3, -0.25) is 4.68 Å². The van der Waals surface area contributed by atoms with E-state index in [0.717, 1.165) is 21.3 Å². The Morgan fingerprint density at radius 3 is 2.67 bits per heavy atom. The first-order chi connectivity index (χ1) is 14.0. The molecule has 0 radical (unpaired) electrons. The number of rotatable bonds is 5. The van der Waals surface area contributed by atoms with Gasteiger partial charge in [0.1, 0.15) is 17.0 Å². The Morgan fingerprint density at radius 2 is 2.07 bits per heavy atom. The van der Waals surface area contributed by atoms with Crippen LogP contribution >= 0.6 is 15.9 Å². The van der Waals surface area contributed by atoms with Crippen LogP contribution in [-0.2, 0) is 17.7 Å². The van der Waals surface area contributed by atoms with Crippen molar-refractivity contribution in [1.29, 1.82) is 0 Å². The van der Waals surface area contributed by atoms with Gasteiger partial charge < -0.3 is 19.9 Å². The van der Waals surface area contributed by atoms with Crippen molar-refractivity contribution in [2.75, 3.05) is 13.7 Å². The molecule has 1 amide bonds. The molecular weight excluding hydrogens is 454 g/mol. The van der Waals surface area contributed by atoms with Crippen molar-refractivity contribution in [2.45, 2.75) is 52.2 Å². The highest BCUT2D eigenvalue weighted by atomic mass is 79.9. The van der Waals surface area contributed by atoms with Crippen LogP contribution in [0.2, 0.25) is 0 Å². The minimum atomic E-state index is -1.04. The summed E-state index contributed by atoms with van der Waals surface area (Å²) in [6.45, 7) is 7.75. The van der Waals surface area contributed by atoms with Crippen LogP contribution in [0, 0.1) is 0 Å². The quantitative estimate of drug-likeness (QED) is 0.665. The molecule has 1 aromatic heterocycles. The van der Waals surface area contributed by atoms with Crippen molar-refractivity contribution in [3.8, 4) is 17.0 Å². The molecule has 1 atom stereocenters. The maximum Gasteiger partial charge on any atom is 0.407 e. The SMILES string of the molecule is COc1cc2c(cc1Br)-c1nn(CCNC(=O)OC(C)(C)C)c(C(=O)O)c1C(C)C2. The van der Waals surface area contributed by atoms with Crippen LogP contribution < -0.4 is 10.1 Å². The number of amides is 1. The standard InChI is InChI=1S/C21H26BrN3O5/c1-11-8-12-9-15(29-5)14(22)10-13(12)17-16(11)18(19(26)27)25(24-17)7-6-23-20(28)30-21(2,3)4/h9-11H,6-8H2,1-5H3,(H,23,28)(H,26,27). The van der Waals surface area contributed by atoms with E-state index in [2.05, 4.69) is 26.3 Å². The fraction of sp³-hybridized carbons (Fsp3) is 0.476. The first-order valence-electron chi connectivity index (χ1n) is 9.69. The van der Waals surface area contributed by atoms with E-state index in [1.165, 1.54) is 4.68 Å². The van der Waals surface area contributed by atoms with Crippen molar-refractivity contribution in [2.24, 2.45) is 0 Å². The lowest BCUT2D eigenvalue weighted by Crippen LogP contribution is -2.34. The van der Waals surface area contributed by atoms with Gasteiger partial charge in [-0.15, -0.1) is 0 Å². The van der Waals surface area contributed by atoms with Crippen molar-refractivity contribution < 1.29 is 24.2 Å². The molecule has 0 spiro atoms. The highest BCUT2D eigenvalue weighted by Crippen LogP contribution is 2.44. The Hall–Kier alpha value is -2.55. The normalized spacial score (nSPS) is 15.2. The molecule has 30 heavy (non-hydrogen) atoms. The number of halogens is 1. The summed E-state index contributed by atoms with van der Waals surface area (Å²) in [5, 5.41) is 17.1. The second-order valence-corrected chi connectivity index (χ2v) is 9.17. The Bertz CT molecular complexity index is 994. The number of carboxylic acids is 1. The number of methoxy groups -OCH3 is 1. The number of benzene rings is 1. The van der Waals surface area contributed by atoms with Crippen molar-refractivity contribution in [1.82, 2.24) is 15.1 Å². The molecule has 1 aliphatic rings. The zero-order valence-corrected chi connectivity index (χ0v) is 19.3. The zero-order chi connectivity index (χ0) is 22.2. The fourth-order valence-electron chi connectivity index (χ4n) is 3.68. The predicted octanol–water partition coefficient (Wildman–Crippen LogP) is 4.20. The van der Waals surface area contributed by atoms with E-state index < -0.39 is 17.7 Å². The van der Waals surface area contributed by atoms with Gasteiger partial charge in [0, 0.05) is 17.7 Å². The van der Waals surface area contributed by atoms with Gasteiger partial charge in [0.25, 0.3) is 0 Å². The summed E-state index contributed by atoms with van der Waals surface area (Å²) < 4.78 is 12.8. The number of aromatic nitrogens is 2. The average Bonchev–Trinajstić information content (AvgIpc) is 3.01. The van der Waals surface area contributed by atoms with Crippen LogP contribution in [0.5, 0.6) is 5.75 Å². The minimum absolute atomic E-state index is 0.0166. The highest BCUT2D eigenvalue weighted by Gasteiger charge is 2.33. The molecule has 2 N–H and O–H groups in total. The lowest BCUT2D eigenvalue weighted by Gasteiger charge is -2.22. The lowest BCUT2D eigenvalue weighted by molar-refractivity contribution is 0.0525. The molecule has 0 fully saturated rings. The first-order valence-corrected chi connectivity index (χ1v) is 10.5. The molecule has 0 saturated carbocycles. The second kappa shape index (κ2) is 8.29. The van der Waals surface area contributed by atoms with Gasteiger partial charge in [-0.2, -0.15) is 5.10 Å². The fourth-order valence-corrected chi connectivity index (χ4v) is 4.19. The Balaban J connectivity index is 1.93. The Kier molecular flexibility index (Phi) is 6.12. The molecule has 8 nitrogen and oxygen atoms in total. The smallest absolute Gasteiger partial charge is 0.407 e. The summed E-state index contributed by atoms with van der Waals surface area (Å²) in [7, 11) is 1.61. The highest BCUT2D eigenvalue weighted by molar-refractivity contribution is 9.10. The van der Waals surface area contributed by atoms with Crippen LogP contribution in [0.4, 0.5) is 4.79 Å². The number of fused-ring (bicyclic) bond motifs is 3. The number of nitrogens with zero attached hydrogens (tertiary/aromatic N) is 2. The molecule has 1 aliphatic carbocycles. The topological polar surface area (TPSA) is 103 Å². The van der Waals surface area contributed by atoms with E-state index in [0.29, 0.717) is 17.7 Å². The van der Waals surface area contributed by atoms with E-state index in [9.17, 15) is 14.7 Å². The van der Waals surface area contributed by atoms with E-state index in [1.807, 2.05) is 19.1 Å². The molecule has 1 unspecified atom stereocenters. The van der Waals surface area contributed by atoms with Crippen molar-refractivity contribution in [3.05, 3.63) is 33.4 Å². The van der Waals surface area contributed by atoms with Gasteiger partial charge in [0.2, 0.25) is 0 Å². The van der Waals surface area contributed by atoms with Crippen molar-refractivity contribution in [3.63, 3.8) is 0 Å². The number of alkyl carbamates (subject to hydrolysis) is 1. The van der Waals surface area contributed by atoms with Gasteiger partial charge in [0.15, 0.2) is 0 Å². The van der Waals surface area contributed by atoms with Crippen LogP contribution in [0.1, 0.15) is 55.2 Å². The molecule has 0 saturated heterocycles. The Labute approximate surface area is 183 Å². The number of carboxylic acid groups (broad SMARTS) is 1. The summed E-state index contributed by atoms with van der Waals surface area (Å²) in [6.07, 6.45) is 0.139. The summed E-state index contributed by atoms with van der Waals surface area (Å²) >= 11 is 3.50. The molecule has 1 aromatic carbocycles. The number of nitrogens with one attached hydrogen (secondary N) is 1. The van der Waals surface area contributed by atoms with Crippen LogP contribution in [0.3, 0.4) is 0 Å². The maximum absolute atomic E-state index is 12.1. The third kappa shape index (κ3) is 4.45. The monoisotopic (exact) mass is 479 g/mol. The van der Waals surface area contributed by atoms with Crippen LogP contribution in [-0.4, -0.2) is 46.2 Å². The van der Waals surface area contributed by atoms with Gasteiger partial charge >= 0.3 is 12.1 Å². The number of hydrogen-bond donors (Lipinski definition) is 2. The lowest BCUT2D eigenvalue weighted by atomic mass is 9.82. The predicted molar refractivity (Wildman–Crippen MR) is 115 cm³/mol. The summed E-state index contributed by atoms with van der Waals surface area (Å²) in [5.41, 5.74) is 2.86. The first kappa shape index (κ1) is 22.1. The minimum Gasteiger partial charge on any atom is -0.496 e. The van der Waals surface area contributed by atoms with Gasteiger partial charge in [-0.25, -0.2) is 9.59 Å². The van der Waals surface area contributed by atoms with E-state index in [4.69, 9.17) is 9.47 Å². The molecule has 2 aromatic rings. The van der Waals surface area contributed by atoms with Gasteiger partial charge in [-0.05, 0) is 66.7 Å². The molecule has 3 rings (SSSR count).